The van der Waals surface area contributed by atoms with Gasteiger partial charge in [0.1, 0.15) is 11.5 Å². The van der Waals surface area contributed by atoms with E-state index in [1.807, 2.05) is 0 Å². The van der Waals surface area contributed by atoms with Crippen LogP contribution in [-0.2, 0) is 19.1 Å². The van der Waals surface area contributed by atoms with Gasteiger partial charge in [-0.1, -0.05) is 11.6 Å². The Bertz CT molecular complexity index is 702. The van der Waals surface area contributed by atoms with Crippen molar-refractivity contribution in [2.24, 2.45) is 5.92 Å². The van der Waals surface area contributed by atoms with Crippen molar-refractivity contribution in [3.05, 3.63) is 46.7 Å². The van der Waals surface area contributed by atoms with Gasteiger partial charge < -0.3 is 9.47 Å². The number of benzene rings is 1. The van der Waals surface area contributed by atoms with Crippen LogP contribution in [0.5, 0.6) is 5.75 Å². The van der Waals surface area contributed by atoms with Crippen LogP contribution in [0.3, 0.4) is 0 Å². The fraction of sp³-hybridized carbons (Fsp3) is 0.188. The highest BCUT2D eigenvalue weighted by Gasteiger charge is 2.36. The number of hydrogen-bond acceptors (Lipinski definition) is 5. The second kappa shape index (κ2) is 6.58. The number of allylic oxidation sites excluding steroid dienone is 3. The summed E-state index contributed by atoms with van der Waals surface area (Å²) in [7, 11) is 1.48. The number of ketones is 2. The summed E-state index contributed by atoms with van der Waals surface area (Å²) in [4.78, 5) is 35.5. The SMILES string of the molecule is COc1ccc(Cl)cc1/C=C/C(=O)C1C(=O)C=C(C)OC1=O. The molecule has 0 aromatic heterocycles. The van der Waals surface area contributed by atoms with Gasteiger partial charge in [0.05, 0.1) is 7.11 Å². The minimum atomic E-state index is -1.45. The zero-order valence-corrected chi connectivity index (χ0v) is 12.7. The van der Waals surface area contributed by atoms with Gasteiger partial charge in [-0.05, 0) is 37.3 Å². The van der Waals surface area contributed by atoms with E-state index in [0.29, 0.717) is 16.3 Å². The highest BCUT2D eigenvalue weighted by Crippen LogP contribution is 2.24. The van der Waals surface area contributed by atoms with E-state index in [0.717, 1.165) is 12.2 Å². The summed E-state index contributed by atoms with van der Waals surface area (Å²) in [6.45, 7) is 1.48. The van der Waals surface area contributed by atoms with Crippen molar-refractivity contribution in [2.75, 3.05) is 7.11 Å². The molecule has 2 rings (SSSR count). The molecule has 1 heterocycles. The molecule has 0 N–H and O–H groups in total. The molecular formula is C16H13ClO5. The van der Waals surface area contributed by atoms with Gasteiger partial charge in [0, 0.05) is 16.7 Å². The van der Waals surface area contributed by atoms with Crippen molar-refractivity contribution in [1.29, 1.82) is 0 Å². The summed E-state index contributed by atoms with van der Waals surface area (Å²) in [5, 5.41) is 0.472. The number of carbonyl (C=O) groups is 3. The van der Waals surface area contributed by atoms with Crippen LogP contribution < -0.4 is 4.74 Å². The molecule has 0 spiro atoms. The zero-order chi connectivity index (χ0) is 16.3. The molecule has 0 radical (unpaired) electrons. The van der Waals surface area contributed by atoms with Crippen LogP contribution in [-0.4, -0.2) is 24.6 Å². The number of carbonyl (C=O) groups excluding carboxylic acids is 3. The molecule has 22 heavy (non-hydrogen) atoms. The van der Waals surface area contributed by atoms with Gasteiger partial charge in [-0.15, -0.1) is 0 Å². The maximum Gasteiger partial charge on any atom is 0.329 e. The van der Waals surface area contributed by atoms with Crippen molar-refractivity contribution in [1.82, 2.24) is 0 Å². The van der Waals surface area contributed by atoms with E-state index in [4.69, 9.17) is 21.1 Å². The summed E-state index contributed by atoms with van der Waals surface area (Å²) >= 11 is 5.89. The normalized spacial score (nSPS) is 18.1. The number of cyclic esters (lactones) is 1. The largest absolute Gasteiger partial charge is 0.496 e. The molecular weight excluding hydrogens is 308 g/mol. The monoisotopic (exact) mass is 320 g/mol. The molecule has 0 aliphatic carbocycles. The van der Waals surface area contributed by atoms with Gasteiger partial charge in [0.2, 0.25) is 0 Å². The molecule has 0 fully saturated rings. The molecule has 6 heteroatoms. The van der Waals surface area contributed by atoms with Gasteiger partial charge in [-0.3, -0.25) is 14.4 Å². The first-order chi connectivity index (χ1) is 10.4. The van der Waals surface area contributed by atoms with Crippen LogP contribution in [0.2, 0.25) is 5.02 Å². The fourth-order valence-electron chi connectivity index (χ4n) is 2.01. The van der Waals surface area contributed by atoms with Crippen molar-refractivity contribution in [3.63, 3.8) is 0 Å². The lowest BCUT2D eigenvalue weighted by molar-refractivity contribution is -0.151. The maximum atomic E-state index is 12.1. The quantitative estimate of drug-likeness (QED) is 0.484. The van der Waals surface area contributed by atoms with Gasteiger partial charge in [0.15, 0.2) is 17.5 Å². The molecule has 1 unspecified atom stereocenters. The lowest BCUT2D eigenvalue weighted by Crippen LogP contribution is -2.34. The third-order valence-electron chi connectivity index (χ3n) is 3.03. The Morgan fingerprint density at radius 3 is 2.73 bits per heavy atom. The van der Waals surface area contributed by atoms with E-state index in [1.54, 1.807) is 18.2 Å². The van der Waals surface area contributed by atoms with Gasteiger partial charge in [-0.2, -0.15) is 0 Å². The Morgan fingerprint density at radius 1 is 1.36 bits per heavy atom. The molecule has 0 saturated carbocycles. The van der Waals surface area contributed by atoms with Crippen molar-refractivity contribution < 1.29 is 23.9 Å². The van der Waals surface area contributed by atoms with E-state index in [1.165, 1.54) is 20.1 Å². The number of rotatable bonds is 4. The molecule has 1 aromatic carbocycles. The van der Waals surface area contributed by atoms with Gasteiger partial charge >= 0.3 is 5.97 Å². The molecule has 1 aliphatic rings. The standard InChI is InChI=1S/C16H13ClO5/c1-9-7-13(19)15(16(20)22-9)12(18)5-3-10-8-11(17)4-6-14(10)21-2/h3-8,15H,1-2H3/b5-3+. The lowest BCUT2D eigenvalue weighted by Gasteiger charge is -2.15. The topological polar surface area (TPSA) is 69.7 Å². The first-order valence-corrected chi connectivity index (χ1v) is 6.79. The van der Waals surface area contributed by atoms with Crippen LogP contribution in [0.1, 0.15) is 12.5 Å². The van der Waals surface area contributed by atoms with Crippen LogP contribution in [0.15, 0.2) is 36.1 Å². The van der Waals surface area contributed by atoms with Crippen molar-refractivity contribution in [2.45, 2.75) is 6.92 Å². The number of hydrogen-bond donors (Lipinski definition) is 0. The Morgan fingerprint density at radius 2 is 2.09 bits per heavy atom. The van der Waals surface area contributed by atoms with E-state index < -0.39 is 23.5 Å². The second-order valence-electron chi connectivity index (χ2n) is 4.63. The molecule has 0 saturated heterocycles. The molecule has 0 bridgehead atoms. The molecule has 1 aliphatic heterocycles. The fourth-order valence-corrected chi connectivity index (χ4v) is 2.19. The Labute approximate surface area is 132 Å². The van der Waals surface area contributed by atoms with Gasteiger partial charge in [-0.25, -0.2) is 0 Å². The molecule has 1 aromatic rings. The summed E-state index contributed by atoms with van der Waals surface area (Å²) in [5.41, 5.74) is 0.562. The summed E-state index contributed by atoms with van der Waals surface area (Å²) < 4.78 is 9.95. The molecule has 1 atom stereocenters. The van der Waals surface area contributed by atoms with E-state index in [-0.39, 0.29) is 5.76 Å². The number of esters is 1. The van der Waals surface area contributed by atoms with Crippen LogP contribution >= 0.6 is 11.6 Å². The van der Waals surface area contributed by atoms with Gasteiger partial charge in [0.25, 0.3) is 0 Å². The smallest absolute Gasteiger partial charge is 0.329 e. The second-order valence-corrected chi connectivity index (χ2v) is 5.07. The van der Waals surface area contributed by atoms with Crippen molar-refractivity contribution in [3.8, 4) is 5.75 Å². The average Bonchev–Trinajstić information content (AvgIpc) is 2.44. The van der Waals surface area contributed by atoms with E-state index in [9.17, 15) is 14.4 Å². The van der Waals surface area contributed by atoms with Crippen LogP contribution in [0.25, 0.3) is 6.08 Å². The molecule has 0 amide bonds. The third kappa shape index (κ3) is 3.43. The van der Waals surface area contributed by atoms with Crippen LogP contribution in [0.4, 0.5) is 0 Å². The highest BCUT2D eigenvalue weighted by atomic mass is 35.5. The third-order valence-corrected chi connectivity index (χ3v) is 3.27. The average molecular weight is 321 g/mol. The lowest BCUT2D eigenvalue weighted by atomic mass is 9.96. The number of ether oxygens (including phenoxy) is 2. The Kier molecular flexibility index (Phi) is 4.78. The molecule has 5 nitrogen and oxygen atoms in total. The predicted octanol–water partition coefficient (Wildman–Crippen LogP) is 2.58. The first-order valence-electron chi connectivity index (χ1n) is 6.41. The Hall–Kier alpha value is -2.40. The predicted molar refractivity (Wildman–Crippen MR) is 80.4 cm³/mol. The zero-order valence-electron chi connectivity index (χ0n) is 12.0. The van der Waals surface area contributed by atoms with E-state index >= 15 is 0 Å². The van der Waals surface area contributed by atoms with Crippen molar-refractivity contribution >= 4 is 35.2 Å². The summed E-state index contributed by atoms with van der Waals surface area (Å²) in [6.07, 6.45) is 3.73. The minimum Gasteiger partial charge on any atom is -0.496 e. The maximum absolute atomic E-state index is 12.1. The Balaban J connectivity index is 2.24. The number of halogens is 1. The highest BCUT2D eigenvalue weighted by molar-refractivity contribution is 6.30. The summed E-state index contributed by atoms with van der Waals surface area (Å²) in [6, 6.07) is 4.91. The summed E-state index contributed by atoms with van der Waals surface area (Å²) in [5.74, 6) is -2.86. The minimum absolute atomic E-state index is 0.180. The molecule has 114 valence electrons. The van der Waals surface area contributed by atoms with Crippen LogP contribution in [0, 0.1) is 5.92 Å². The number of methoxy groups -OCH3 is 1. The first kappa shape index (κ1) is 16.0. The van der Waals surface area contributed by atoms with E-state index in [2.05, 4.69) is 0 Å².